The summed E-state index contributed by atoms with van der Waals surface area (Å²) in [7, 11) is 1.74. The van der Waals surface area contributed by atoms with Crippen molar-refractivity contribution in [3.63, 3.8) is 0 Å². The Kier molecular flexibility index (Phi) is 4.60. The molecule has 1 aliphatic rings. The van der Waals surface area contributed by atoms with Crippen molar-refractivity contribution in [2.45, 2.75) is 38.3 Å². The van der Waals surface area contributed by atoms with Gasteiger partial charge in [0.1, 0.15) is 11.6 Å². The van der Waals surface area contributed by atoms with Crippen LogP contribution >= 0.6 is 0 Å². The maximum absolute atomic E-state index is 13.6. The number of nitrogens with zero attached hydrogens (tertiary/aromatic N) is 1. The van der Waals surface area contributed by atoms with Crippen molar-refractivity contribution in [3.8, 4) is 5.75 Å². The topological polar surface area (TPSA) is 55.6 Å². The molecular formula is C15H21FN2O2. The normalized spacial score (nSPS) is 20.3. The summed E-state index contributed by atoms with van der Waals surface area (Å²) in [5, 5.41) is 0. The summed E-state index contributed by atoms with van der Waals surface area (Å²) in [6, 6.07) is 4.55. The molecule has 0 aromatic heterocycles. The van der Waals surface area contributed by atoms with E-state index in [1.165, 1.54) is 12.1 Å². The van der Waals surface area contributed by atoms with Crippen LogP contribution in [0.1, 0.15) is 25.3 Å². The fourth-order valence-corrected chi connectivity index (χ4v) is 2.32. The lowest BCUT2D eigenvalue weighted by Gasteiger charge is -2.15. The van der Waals surface area contributed by atoms with Gasteiger partial charge in [-0.25, -0.2) is 4.39 Å². The smallest absolute Gasteiger partial charge is 0.263 e. The van der Waals surface area contributed by atoms with E-state index in [4.69, 9.17) is 10.5 Å². The Morgan fingerprint density at radius 1 is 1.50 bits per heavy atom. The molecule has 1 fully saturated rings. The second kappa shape index (κ2) is 6.22. The lowest BCUT2D eigenvalue weighted by Crippen LogP contribution is -2.29. The zero-order chi connectivity index (χ0) is 14.7. The van der Waals surface area contributed by atoms with Gasteiger partial charge in [-0.1, -0.05) is 6.92 Å². The highest BCUT2D eigenvalue weighted by molar-refractivity contribution is 5.83. The SMILES string of the molecule is CCC(N)Cc1cc(F)cc(OC2CCN(C)C2=O)c1. The molecule has 110 valence electrons. The van der Waals surface area contributed by atoms with Gasteiger partial charge in [0.15, 0.2) is 6.10 Å². The predicted octanol–water partition coefficient (Wildman–Crippen LogP) is 1.72. The number of carbonyl (C=O) groups excluding carboxylic acids is 1. The summed E-state index contributed by atoms with van der Waals surface area (Å²) in [4.78, 5) is 13.4. The molecule has 1 aromatic carbocycles. The molecule has 0 radical (unpaired) electrons. The largest absolute Gasteiger partial charge is 0.480 e. The van der Waals surface area contributed by atoms with E-state index in [0.717, 1.165) is 12.0 Å². The zero-order valence-corrected chi connectivity index (χ0v) is 11.9. The van der Waals surface area contributed by atoms with Gasteiger partial charge in [0.2, 0.25) is 0 Å². The Bertz CT molecular complexity index is 493. The summed E-state index contributed by atoms with van der Waals surface area (Å²) in [5.41, 5.74) is 6.68. The molecule has 5 heteroatoms. The van der Waals surface area contributed by atoms with Gasteiger partial charge in [-0.05, 0) is 30.5 Å². The number of likely N-dealkylation sites (tertiary alicyclic amines) is 1. The second-order valence-electron chi connectivity index (χ2n) is 5.32. The van der Waals surface area contributed by atoms with Crippen LogP contribution < -0.4 is 10.5 Å². The van der Waals surface area contributed by atoms with Crippen LogP contribution in [-0.4, -0.2) is 36.5 Å². The van der Waals surface area contributed by atoms with Crippen LogP contribution in [0.25, 0.3) is 0 Å². The molecule has 4 nitrogen and oxygen atoms in total. The molecular weight excluding hydrogens is 259 g/mol. The van der Waals surface area contributed by atoms with Crippen LogP contribution in [0.3, 0.4) is 0 Å². The maximum Gasteiger partial charge on any atom is 0.263 e. The minimum Gasteiger partial charge on any atom is -0.480 e. The van der Waals surface area contributed by atoms with Gasteiger partial charge in [0.25, 0.3) is 5.91 Å². The van der Waals surface area contributed by atoms with E-state index in [0.29, 0.717) is 25.1 Å². The minimum absolute atomic E-state index is 0.00361. The number of hydrogen-bond donors (Lipinski definition) is 1. The number of hydrogen-bond acceptors (Lipinski definition) is 3. The fraction of sp³-hybridized carbons (Fsp3) is 0.533. The van der Waals surface area contributed by atoms with Gasteiger partial charge in [0.05, 0.1) is 0 Å². The maximum atomic E-state index is 13.6. The van der Waals surface area contributed by atoms with E-state index < -0.39 is 6.10 Å². The predicted molar refractivity (Wildman–Crippen MR) is 75.0 cm³/mol. The van der Waals surface area contributed by atoms with E-state index in [9.17, 15) is 9.18 Å². The fourth-order valence-electron chi connectivity index (χ4n) is 2.32. The first-order valence-corrected chi connectivity index (χ1v) is 6.96. The second-order valence-corrected chi connectivity index (χ2v) is 5.32. The Hall–Kier alpha value is -1.62. The Balaban J connectivity index is 2.10. The lowest BCUT2D eigenvalue weighted by molar-refractivity contribution is -0.132. The number of benzene rings is 1. The number of nitrogens with two attached hydrogens (primary N) is 1. The molecule has 2 N–H and O–H groups in total. The third-order valence-electron chi connectivity index (χ3n) is 3.61. The number of rotatable bonds is 5. The van der Waals surface area contributed by atoms with Crippen LogP contribution in [-0.2, 0) is 11.2 Å². The number of likely N-dealkylation sites (N-methyl/N-ethyl adjacent to an activating group) is 1. The molecule has 2 rings (SSSR count). The quantitative estimate of drug-likeness (QED) is 0.893. The third-order valence-corrected chi connectivity index (χ3v) is 3.61. The van der Waals surface area contributed by atoms with E-state index in [1.54, 1.807) is 18.0 Å². The molecule has 2 unspecified atom stereocenters. The highest BCUT2D eigenvalue weighted by Gasteiger charge is 2.30. The van der Waals surface area contributed by atoms with Crippen molar-refractivity contribution in [1.29, 1.82) is 0 Å². The Morgan fingerprint density at radius 2 is 2.25 bits per heavy atom. The molecule has 0 bridgehead atoms. The van der Waals surface area contributed by atoms with Crippen molar-refractivity contribution in [1.82, 2.24) is 4.90 Å². The van der Waals surface area contributed by atoms with Gasteiger partial charge in [-0.2, -0.15) is 0 Å². The number of ether oxygens (including phenoxy) is 1. The van der Waals surface area contributed by atoms with Crippen molar-refractivity contribution in [2.24, 2.45) is 5.73 Å². The monoisotopic (exact) mass is 280 g/mol. The van der Waals surface area contributed by atoms with Gasteiger partial charge in [0, 0.05) is 32.1 Å². The lowest BCUT2D eigenvalue weighted by atomic mass is 10.0. The molecule has 2 atom stereocenters. The van der Waals surface area contributed by atoms with E-state index in [2.05, 4.69) is 0 Å². The molecule has 1 heterocycles. The first-order chi connectivity index (χ1) is 9.49. The Labute approximate surface area is 118 Å². The van der Waals surface area contributed by atoms with Gasteiger partial charge >= 0.3 is 0 Å². The molecule has 0 spiro atoms. The molecule has 1 aliphatic heterocycles. The summed E-state index contributed by atoms with van der Waals surface area (Å²) in [5.74, 6) is -0.0161. The average molecular weight is 280 g/mol. The van der Waals surface area contributed by atoms with Crippen molar-refractivity contribution in [2.75, 3.05) is 13.6 Å². The summed E-state index contributed by atoms with van der Waals surface area (Å²) in [6.45, 7) is 2.67. The van der Waals surface area contributed by atoms with Crippen LogP contribution in [0.4, 0.5) is 4.39 Å². The number of carbonyl (C=O) groups is 1. The third kappa shape index (κ3) is 3.48. The molecule has 20 heavy (non-hydrogen) atoms. The first kappa shape index (κ1) is 14.8. The standard InChI is InChI=1S/C15H21FN2O2/c1-3-12(17)7-10-6-11(16)9-13(8-10)20-14-4-5-18(2)15(14)19/h6,8-9,12,14H,3-5,7,17H2,1-2H3. The van der Waals surface area contributed by atoms with Crippen LogP contribution in [0.5, 0.6) is 5.75 Å². The van der Waals surface area contributed by atoms with Gasteiger partial charge in [-0.3, -0.25) is 4.79 Å². The molecule has 0 saturated carbocycles. The molecule has 1 aromatic rings. The zero-order valence-electron chi connectivity index (χ0n) is 11.9. The van der Waals surface area contributed by atoms with Gasteiger partial charge in [-0.15, -0.1) is 0 Å². The van der Waals surface area contributed by atoms with Crippen molar-refractivity contribution in [3.05, 3.63) is 29.6 Å². The molecule has 1 amide bonds. The van der Waals surface area contributed by atoms with E-state index >= 15 is 0 Å². The summed E-state index contributed by atoms with van der Waals surface area (Å²) >= 11 is 0. The molecule has 1 saturated heterocycles. The summed E-state index contributed by atoms with van der Waals surface area (Å²) < 4.78 is 19.2. The molecule has 0 aliphatic carbocycles. The highest BCUT2D eigenvalue weighted by Crippen LogP contribution is 2.22. The van der Waals surface area contributed by atoms with Crippen molar-refractivity contribution >= 4 is 5.91 Å². The van der Waals surface area contributed by atoms with Crippen LogP contribution in [0, 0.1) is 5.82 Å². The first-order valence-electron chi connectivity index (χ1n) is 6.96. The van der Waals surface area contributed by atoms with Crippen LogP contribution in [0.15, 0.2) is 18.2 Å². The van der Waals surface area contributed by atoms with E-state index in [-0.39, 0.29) is 17.8 Å². The minimum atomic E-state index is -0.505. The Morgan fingerprint density at radius 3 is 2.85 bits per heavy atom. The van der Waals surface area contributed by atoms with Crippen molar-refractivity contribution < 1.29 is 13.9 Å². The van der Waals surface area contributed by atoms with E-state index in [1.807, 2.05) is 6.92 Å². The van der Waals surface area contributed by atoms with Crippen LogP contribution in [0.2, 0.25) is 0 Å². The number of amides is 1. The average Bonchev–Trinajstić information content (AvgIpc) is 2.70. The number of halogens is 1. The highest BCUT2D eigenvalue weighted by atomic mass is 19.1. The summed E-state index contributed by atoms with van der Waals surface area (Å²) in [6.07, 6.45) is 1.56. The van der Waals surface area contributed by atoms with Gasteiger partial charge < -0.3 is 15.4 Å².